The average molecular weight is 779 g/mol. The van der Waals surface area contributed by atoms with Gasteiger partial charge in [0.1, 0.15) is 17.7 Å². The quantitative estimate of drug-likeness (QED) is 0.127. The number of alkyl halides is 1. The van der Waals surface area contributed by atoms with Crippen LogP contribution in [0.3, 0.4) is 0 Å². The van der Waals surface area contributed by atoms with Crippen LogP contribution >= 0.6 is 15.9 Å². The highest BCUT2D eigenvalue weighted by Gasteiger charge is 2.78. The number of amides is 3. The Morgan fingerprint density at radius 1 is 1.12 bits per heavy atom. The molecule has 2 aromatic carbocycles. The Labute approximate surface area is 315 Å². The number of allylic oxidation sites excluding steroid dienone is 1. The van der Waals surface area contributed by atoms with E-state index in [0.29, 0.717) is 24.8 Å². The zero-order chi connectivity index (χ0) is 37.9. The lowest BCUT2D eigenvalue weighted by Gasteiger charge is -2.41. The van der Waals surface area contributed by atoms with Crippen LogP contribution < -0.4 is 10.2 Å². The Morgan fingerprint density at radius 2 is 1.79 bits per heavy atom. The molecule has 10 nitrogen and oxygen atoms in total. The fraction of sp³-hybridized carbons (Fsp3) is 0.512. The van der Waals surface area contributed by atoms with E-state index < -0.39 is 59.6 Å². The Hall–Kier alpha value is -3.80. The van der Waals surface area contributed by atoms with Crippen LogP contribution in [0.2, 0.25) is 0 Å². The van der Waals surface area contributed by atoms with E-state index >= 15 is 4.79 Å². The van der Waals surface area contributed by atoms with E-state index in [1.54, 1.807) is 24.0 Å². The molecule has 5 rings (SSSR count). The Morgan fingerprint density at radius 3 is 2.38 bits per heavy atom. The van der Waals surface area contributed by atoms with Gasteiger partial charge in [0.2, 0.25) is 11.8 Å². The van der Waals surface area contributed by atoms with Crippen molar-refractivity contribution in [2.75, 3.05) is 18.1 Å². The summed E-state index contributed by atoms with van der Waals surface area (Å²) < 4.78 is 13.1. The van der Waals surface area contributed by atoms with Crippen molar-refractivity contribution in [3.8, 4) is 0 Å². The van der Waals surface area contributed by atoms with Gasteiger partial charge in [0.05, 0.1) is 36.6 Å². The number of likely N-dealkylation sites (tertiary alicyclic amines) is 1. The van der Waals surface area contributed by atoms with Crippen LogP contribution in [0.1, 0.15) is 69.2 Å². The lowest BCUT2D eigenvalue weighted by atomic mass is 9.70. The first kappa shape index (κ1) is 39.4. The number of anilines is 1. The lowest BCUT2D eigenvalue weighted by molar-refractivity contribution is -0.162. The number of carbonyl (C=O) groups excluding carboxylic acids is 4. The van der Waals surface area contributed by atoms with E-state index in [-0.39, 0.29) is 42.1 Å². The number of para-hydroxylation sites is 1. The molecule has 0 aliphatic carbocycles. The van der Waals surface area contributed by atoms with E-state index in [1.165, 1.54) is 4.90 Å². The van der Waals surface area contributed by atoms with Crippen molar-refractivity contribution in [2.45, 2.75) is 101 Å². The molecule has 2 aromatic rings. The van der Waals surface area contributed by atoms with Crippen LogP contribution in [0.4, 0.5) is 5.69 Å². The first-order chi connectivity index (χ1) is 24.9. The van der Waals surface area contributed by atoms with E-state index in [2.05, 4.69) is 34.4 Å². The number of ether oxygens (including phenoxy) is 2. The van der Waals surface area contributed by atoms with Gasteiger partial charge in [0.15, 0.2) is 0 Å². The number of hydrogen-bond acceptors (Lipinski definition) is 7. The fourth-order valence-electron chi connectivity index (χ4n) is 8.53. The van der Waals surface area contributed by atoms with Crippen LogP contribution in [-0.2, 0) is 28.7 Å². The van der Waals surface area contributed by atoms with Crippen LogP contribution in [0, 0.1) is 31.6 Å². The molecule has 11 heteroatoms. The molecule has 3 saturated heterocycles. The second-order valence-corrected chi connectivity index (χ2v) is 15.7. The molecule has 1 spiro atoms. The maximum Gasteiger partial charge on any atom is 0.313 e. The summed E-state index contributed by atoms with van der Waals surface area (Å²) in [6, 6.07) is 12.5. The number of hydrogen-bond donors (Lipinski definition) is 2. The van der Waals surface area contributed by atoms with Gasteiger partial charge in [-0.3, -0.25) is 19.2 Å². The van der Waals surface area contributed by atoms with Gasteiger partial charge >= 0.3 is 5.97 Å². The summed E-state index contributed by atoms with van der Waals surface area (Å²) in [5, 5.41) is 13.8. The number of rotatable bonds is 16. The van der Waals surface area contributed by atoms with E-state index in [4.69, 9.17) is 9.47 Å². The summed E-state index contributed by atoms with van der Waals surface area (Å²) in [6.45, 7) is 17.0. The summed E-state index contributed by atoms with van der Waals surface area (Å²) >= 11 is 3.76. The molecule has 0 saturated carbocycles. The van der Waals surface area contributed by atoms with Crippen LogP contribution in [-0.4, -0.2) is 81.5 Å². The number of halogens is 1. The second kappa shape index (κ2) is 16.5. The zero-order valence-corrected chi connectivity index (χ0v) is 32.4. The number of aliphatic hydroxyl groups is 1. The number of esters is 1. The van der Waals surface area contributed by atoms with Gasteiger partial charge in [-0.15, -0.1) is 13.2 Å². The summed E-state index contributed by atoms with van der Waals surface area (Å²) in [5.74, 6) is -3.88. The highest BCUT2D eigenvalue weighted by Crippen LogP contribution is 2.61. The monoisotopic (exact) mass is 777 g/mol. The van der Waals surface area contributed by atoms with Gasteiger partial charge < -0.3 is 29.7 Å². The van der Waals surface area contributed by atoms with Crippen molar-refractivity contribution in [1.29, 1.82) is 0 Å². The predicted octanol–water partition coefficient (Wildman–Crippen LogP) is 5.73. The molecule has 2 bridgehead atoms. The lowest BCUT2D eigenvalue weighted by Crippen LogP contribution is -2.60. The van der Waals surface area contributed by atoms with Crippen molar-refractivity contribution in [3.63, 3.8) is 0 Å². The van der Waals surface area contributed by atoms with Gasteiger partial charge in [0, 0.05) is 23.5 Å². The van der Waals surface area contributed by atoms with Gasteiger partial charge in [-0.2, -0.15) is 0 Å². The number of carbonyl (C=O) groups is 4. The largest absolute Gasteiger partial charge is 0.455 e. The minimum Gasteiger partial charge on any atom is -0.455 e. The molecule has 3 aliphatic heterocycles. The molecule has 3 heterocycles. The summed E-state index contributed by atoms with van der Waals surface area (Å²) in [5.41, 5.74) is 1.79. The van der Waals surface area contributed by atoms with Crippen molar-refractivity contribution >= 4 is 45.3 Å². The van der Waals surface area contributed by atoms with Crippen molar-refractivity contribution in [2.24, 2.45) is 17.8 Å². The predicted molar refractivity (Wildman–Crippen MR) is 204 cm³/mol. The van der Waals surface area contributed by atoms with E-state index in [9.17, 15) is 19.5 Å². The van der Waals surface area contributed by atoms with Gasteiger partial charge in [-0.25, -0.2) is 0 Å². The maximum atomic E-state index is 15.2. The molecule has 1 unspecified atom stereocenters. The number of fused-ring (bicyclic) bond motifs is 1. The number of aryl methyl sites for hydroxylation is 2. The van der Waals surface area contributed by atoms with Crippen molar-refractivity contribution < 1.29 is 33.8 Å². The maximum absolute atomic E-state index is 15.2. The fourth-order valence-corrected chi connectivity index (χ4v) is 9.47. The summed E-state index contributed by atoms with van der Waals surface area (Å²) in [7, 11) is 0. The molecule has 0 aromatic heterocycles. The standard InChI is InChI=1S/C41H52BrN3O7/c1-8-11-20-31(47)43-27(7)35(28-18-13-12-14-19-28)51-40(50)32-33-38(48)45(30(23-46)24(4)10-3)37(41(33)22-29(42)36(32)52-41)39(49)44(21-9-2)34-25(5)16-15-17-26(34)6/h8-9,12-19,24,27,29-30,32-33,35-37,46H,1-2,10-11,20-23H2,3-7H3,(H,43,47)/t24-,27-,29?,30-,32-,33+,35-,36-,37-,41+/m0/s1. The third-order valence-corrected chi connectivity index (χ3v) is 12.0. The molecule has 52 heavy (non-hydrogen) atoms. The van der Waals surface area contributed by atoms with Crippen LogP contribution in [0.15, 0.2) is 73.8 Å². The van der Waals surface area contributed by atoms with Crippen molar-refractivity contribution in [3.05, 3.63) is 90.5 Å². The third-order valence-electron chi connectivity index (χ3n) is 11.2. The number of nitrogens with zero attached hydrogens (tertiary/aromatic N) is 2. The number of aliphatic hydroxyl groups excluding tert-OH is 1. The Kier molecular flexibility index (Phi) is 12.5. The van der Waals surface area contributed by atoms with Gasteiger partial charge in [-0.1, -0.05) is 96.9 Å². The molecular formula is C41H52BrN3O7. The normalized spacial score (nSPS) is 26.9. The minimum absolute atomic E-state index is 0.164. The molecule has 3 fully saturated rings. The molecular weight excluding hydrogens is 726 g/mol. The Bertz CT molecular complexity index is 1650. The van der Waals surface area contributed by atoms with Crippen LogP contribution in [0.25, 0.3) is 0 Å². The first-order valence-electron chi connectivity index (χ1n) is 18.3. The SMILES string of the molecule is C=CCCC(=O)N[C@@H](C)[C@H](OC(=O)[C@@H]1[C@H]2O[C@@]3(CC2Br)[C@H](C(=O)N(CC=C)c2c(C)cccc2C)N([C@@H](CO)[C@@H](C)CC)C(=O)[C@@H]13)c1ccccc1. The molecule has 0 radical (unpaired) electrons. The molecule has 3 aliphatic rings. The van der Waals surface area contributed by atoms with Gasteiger partial charge in [0.25, 0.3) is 5.91 Å². The minimum atomic E-state index is -1.37. The molecule has 2 N–H and O–H groups in total. The first-order valence-corrected chi connectivity index (χ1v) is 19.2. The number of benzene rings is 2. The summed E-state index contributed by atoms with van der Waals surface area (Å²) in [6.07, 6.45) is 3.39. The Balaban J connectivity index is 1.58. The highest BCUT2D eigenvalue weighted by atomic mass is 79.9. The van der Waals surface area contributed by atoms with Crippen molar-refractivity contribution in [1.82, 2.24) is 10.2 Å². The van der Waals surface area contributed by atoms with E-state index in [0.717, 1.165) is 16.8 Å². The van der Waals surface area contributed by atoms with Gasteiger partial charge in [-0.05, 0) is 56.2 Å². The average Bonchev–Trinajstić information content (AvgIpc) is 3.72. The number of nitrogens with one attached hydrogen (secondary N) is 1. The highest BCUT2D eigenvalue weighted by molar-refractivity contribution is 9.09. The summed E-state index contributed by atoms with van der Waals surface area (Å²) in [4.78, 5) is 60.3. The topological polar surface area (TPSA) is 125 Å². The van der Waals surface area contributed by atoms with E-state index in [1.807, 2.05) is 76.2 Å². The smallest absolute Gasteiger partial charge is 0.313 e. The second-order valence-electron chi connectivity index (χ2n) is 14.5. The third kappa shape index (κ3) is 7.11. The molecule has 280 valence electrons. The molecule has 10 atom stereocenters. The zero-order valence-electron chi connectivity index (χ0n) is 30.8. The van der Waals surface area contributed by atoms with Crippen LogP contribution in [0.5, 0.6) is 0 Å². The molecule has 3 amide bonds.